The van der Waals surface area contributed by atoms with Crippen molar-refractivity contribution in [2.75, 3.05) is 0 Å². The van der Waals surface area contributed by atoms with E-state index in [0.29, 0.717) is 11.5 Å². The summed E-state index contributed by atoms with van der Waals surface area (Å²) in [4.78, 5) is 0. The van der Waals surface area contributed by atoms with E-state index >= 15 is 0 Å². The molecule has 0 bridgehead atoms. The van der Waals surface area contributed by atoms with Crippen LogP contribution in [0, 0.1) is 11.2 Å². The first-order chi connectivity index (χ1) is 8.05. The molecule has 1 N–H and O–H groups in total. The van der Waals surface area contributed by atoms with Gasteiger partial charge in [-0.1, -0.05) is 26.0 Å². The second-order valence-electron chi connectivity index (χ2n) is 5.95. The minimum absolute atomic E-state index is 0.144. The van der Waals surface area contributed by atoms with Crippen molar-refractivity contribution in [3.63, 3.8) is 0 Å². The summed E-state index contributed by atoms with van der Waals surface area (Å²) < 4.78 is 13.0. The molecule has 1 saturated carbocycles. The number of hydrogen-bond donors (Lipinski definition) is 1. The maximum atomic E-state index is 13.0. The highest BCUT2D eigenvalue weighted by Gasteiger charge is 2.26. The van der Waals surface area contributed by atoms with Crippen LogP contribution in [0.5, 0.6) is 0 Å². The SMILES string of the molecule is CC1(C)CCC(NCc2cccc(F)c2)CC1. The van der Waals surface area contributed by atoms with E-state index in [1.54, 1.807) is 12.1 Å². The van der Waals surface area contributed by atoms with Gasteiger partial charge in [0.05, 0.1) is 0 Å². The Kier molecular flexibility index (Phi) is 3.82. The summed E-state index contributed by atoms with van der Waals surface area (Å²) in [6.45, 7) is 5.47. The zero-order valence-electron chi connectivity index (χ0n) is 10.8. The minimum Gasteiger partial charge on any atom is -0.310 e. The van der Waals surface area contributed by atoms with Crippen molar-refractivity contribution in [2.45, 2.75) is 52.1 Å². The Hall–Kier alpha value is -0.890. The van der Waals surface area contributed by atoms with E-state index in [-0.39, 0.29) is 5.82 Å². The Balaban J connectivity index is 1.80. The number of nitrogens with one attached hydrogen (secondary N) is 1. The highest BCUT2D eigenvalue weighted by atomic mass is 19.1. The quantitative estimate of drug-likeness (QED) is 0.838. The van der Waals surface area contributed by atoms with Gasteiger partial charge in [-0.2, -0.15) is 0 Å². The highest BCUT2D eigenvalue weighted by molar-refractivity contribution is 5.16. The van der Waals surface area contributed by atoms with E-state index < -0.39 is 0 Å². The lowest BCUT2D eigenvalue weighted by Crippen LogP contribution is -2.35. The molecule has 0 radical (unpaired) electrons. The van der Waals surface area contributed by atoms with Crippen LogP contribution in [0.3, 0.4) is 0 Å². The largest absolute Gasteiger partial charge is 0.310 e. The van der Waals surface area contributed by atoms with Crippen LogP contribution in [0.2, 0.25) is 0 Å². The van der Waals surface area contributed by atoms with Crippen molar-refractivity contribution in [2.24, 2.45) is 5.41 Å². The second kappa shape index (κ2) is 5.18. The molecule has 1 aromatic rings. The molecule has 1 aromatic carbocycles. The van der Waals surface area contributed by atoms with Gasteiger partial charge >= 0.3 is 0 Å². The van der Waals surface area contributed by atoms with Crippen LogP contribution in [-0.4, -0.2) is 6.04 Å². The average Bonchev–Trinajstić information content (AvgIpc) is 2.28. The molecular formula is C15H22FN. The third-order valence-corrected chi connectivity index (χ3v) is 3.82. The molecule has 1 nitrogen and oxygen atoms in total. The first kappa shape index (κ1) is 12.6. The molecule has 1 aliphatic carbocycles. The summed E-state index contributed by atoms with van der Waals surface area (Å²) in [5, 5.41) is 3.54. The highest BCUT2D eigenvalue weighted by Crippen LogP contribution is 2.35. The molecule has 1 fully saturated rings. The molecule has 0 aliphatic heterocycles. The van der Waals surface area contributed by atoms with E-state index in [2.05, 4.69) is 19.2 Å². The van der Waals surface area contributed by atoms with Gasteiger partial charge in [0.15, 0.2) is 0 Å². The summed E-state index contributed by atoms with van der Waals surface area (Å²) >= 11 is 0. The Bertz CT molecular complexity index is 363. The van der Waals surface area contributed by atoms with Crippen LogP contribution < -0.4 is 5.32 Å². The van der Waals surface area contributed by atoms with Crippen LogP contribution in [0.4, 0.5) is 4.39 Å². The molecule has 0 atom stereocenters. The van der Waals surface area contributed by atoms with Gasteiger partial charge in [0.1, 0.15) is 5.82 Å². The summed E-state index contributed by atoms with van der Waals surface area (Å²) in [5.41, 5.74) is 1.55. The van der Waals surface area contributed by atoms with Gasteiger partial charge in [-0.25, -0.2) is 4.39 Å². The van der Waals surface area contributed by atoms with Crippen molar-refractivity contribution in [1.29, 1.82) is 0 Å². The Labute approximate surface area is 103 Å². The van der Waals surface area contributed by atoms with E-state index in [1.165, 1.54) is 31.7 Å². The normalized spacial score (nSPS) is 20.4. The summed E-state index contributed by atoms with van der Waals surface area (Å²) in [6, 6.07) is 7.46. The molecule has 94 valence electrons. The zero-order valence-corrected chi connectivity index (χ0v) is 10.8. The lowest BCUT2D eigenvalue weighted by atomic mass is 9.75. The molecule has 2 rings (SSSR count). The van der Waals surface area contributed by atoms with Gasteiger partial charge in [-0.15, -0.1) is 0 Å². The monoisotopic (exact) mass is 235 g/mol. The Morgan fingerprint density at radius 1 is 1.29 bits per heavy atom. The van der Waals surface area contributed by atoms with E-state index in [1.807, 2.05) is 6.07 Å². The van der Waals surface area contributed by atoms with Gasteiger partial charge in [0, 0.05) is 12.6 Å². The first-order valence-corrected chi connectivity index (χ1v) is 6.53. The number of benzene rings is 1. The third kappa shape index (κ3) is 3.81. The molecule has 0 unspecified atom stereocenters. The van der Waals surface area contributed by atoms with Gasteiger partial charge in [0.25, 0.3) is 0 Å². The van der Waals surface area contributed by atoms with Crippen molar-refractivity contribution >= 4 is 0 Å². The second-order valence-corrected chi connectivity index (χ2v) is 5.95. The lowest BCUT2D eigenvalue weighted by Gasteiger charge is -2.34. The molecule has 1 aliphatic rings. The number of rotatable bonds is 3. The van der Waals surface area contributed by atoms with Crippen LogP contribution in [0.15, 0.2) is 24.3 Å². The van der Waals surface area contributed by atoms with Gasteiger partial charge < -0.3 is 5.32 Å². The van der Waals surface area contributed by atoms with Crippen LogP contribution >= 0.6 is 0 Å². The van der Waals surface area contributed by atoms with Crippen molar-refractivity contribution < 1.29 is 4.39 Å². The topological polar surface area (TPSA) is 12.0 Å². The van der Waals surface area contributed by atoms with E-state index in [0.717, 1.165) is 12.1 Å². The molecule has 0 saturated heterocycles. The standard InChI is InChI=1S/C15H22FN/c1-15(2)8-6-14(7-9-15)17-11-12-4-3-5-13(16)10-12/h3-5,10,14,17H,6-9,11H2,1-2H3. The molecule has 0 amide bonds. The van der Waals surface area contributed by atoms with Crippen molar-refractivity contribution in [3.05, 3.63) is 35.6 Å². The van der Waals surface area contributed by atoms with E-state index in [4.69, 9.17) is 0 Å². The predicted molar refractivity (Wildman–Crippen MR) is 69.3 cm³/mol. The molecule has 0 spiro atoms. The summed E-state index contributed by atoms with van der Waals surface area (Å²) in [5.74, 6) is -0.144. The molecule has 17 heavy (non-hydrogen) atoms. The maximum absolute atomic E-state index is 13.0. The fourth-order valence-corrected chi connectivity index (χ4v) is 2.51. The van der Waals surface area contributed by atoms with E-state index in [9.17, 15) is 4.39 Å². The Morgan fingerprint density at radius 2 is 2.00 bits per heavy atom. The van der Waals surface area contributed by atoms with Gasteiger partial charge in [0.2, 0.25) is 0 Å². The fourth-order valence-electron chi connectivity index (χ4n) is 2.51. The fraction of sp³-hybridized carbons (Fsp3) is 0.600. The summed E-state index contributed by atoms with van der Waals surface area (Å²) in [7, 11) is 0. The third-order valence-electron chi connectivity index (χ3n) is 3.82. The lowest BCUT2D eigenvalue weighted by molar-refractivity contribution is 0.206. The van der Waals surface area contributed by atoms with Crippen LogP contribution in [0.1, 0.15) is 45.1 Å². The number of hydrogen-bond acceptors (Lipinski definition) is 1. The molecule has 0 heterocycles. The number of halogens is 1. The van der Waals surface area contributed by atoms with Crippen LogP contribution in [-0.2, 0) is 6.54 Å². The molecular weight excluding hydrogens is 213 g/mol. The van der Waals surface area contributed by atoms with Gasteiger partial charge in [-0.05, 0) is 48.8 Å². The molecule has 2 heteroatoms. The minimum atomic E-state index is -0.144. The zero-order chi connectivity index (χ0) is 12.3. The Morgan fingerprint density at radius 3 is 2.65 bits per heavy atom. The van der Waals surface area contributed by atoms with Crippen molar-refractivity contribution in [1.82, 2.24) is 5.32 Å². The molecule has 0 aromatic heterocycles. The van der Waals surface area contributed by atoms with Gasteiger partial charge in [-0.3, -0.25) is 0 Å². The average molecular weight is 235 g/mol. The maximum Gasteiger partial charge on any atom is 0.123 e. The smallest absolute Gasteiger partial charge is 0.123 e. The first-order valence-electron chi connectivity index (χ1n) is 6.53. The predicted octanol–water partition coefficient (Wildman–Crippen LogP) is 3.88. The summed E-state index contributed by atoms with van der Waals surface area (Å²) in [6.07, 6.45) is 5.05. The van der Waals surface area contributed by atoms with Crippen LogP contribution in [0.25, 0.3) is 0 Å². The van der Waals surface area contributed by atoms with Crippen molar-refractivity contribution in [3.8, 4) is 0 Å².